The van der Waals surface area contributed by atoms with Gasteiger partial charge in [-0.15, -0.1) is 0 Å². The van der Waals surface area contributed by atoms with Crippen molar-refractivity contribution in [3.63, 3.8) is 0 Å². The number of halogens is 1. The molecule has 0 unspecified atom stereocenters. The van der Waals surface area contributed by atoms with Crippen molar-refractivity contribution in [1.82, 2.24) is 4.90 Å². The summed E-state index contributed by atoms with van der Waals surface area (Å²) < 4.78 is 24.9. The molecule has 1 aliphatic rings. The van der Waals surface area contributed by atoms with Gasteiger partial charge in [0.05, 0.1) is 6.61 Å². The van der Waals surface area contributed by atoms with Crippen molar-refractivity contribution in [2.75, 3.05) is 19.7 Å². The van der Waals surface area contributed by atoms with Crippen LogP contribution in [-0.2, 0) is 22.5 Å². The molecule has 206 valence electrons. The smallest absolute Gasteiger partial charge is 0.349 e. The molecule has 0 radical (unpaired) electrons. The first-order valence-corrected chi connectivity index (χ1v) is 13.6. The van der Waals surface area contributed by atoms with Gasteiger partial charge in [-0.1, -0.05) is 42.5 Å². The number of likely N-dealkylation sites (tertiary alicyclic amines) is 1. The lowest BCUT2D eigenvalue weighted by atomic mass is 9.84. The fourth-order valence-corrected chi connectivity index (χ4v) is 5.49. The van der Waals surface area contributed by atoms with Crippen molar-refractivity contribution in [3.05, 3.63) is 100 Å². The zero-order valence-corrected chi connectivity index (χ0v) is 23.5. The van der Waals surface area contributed by atoms with Crippen LogP contribution in [0.15, 0.2) is 66.7 Å². The van der Waals surface area contributed by atoms with Gasteiger partial charge in [0.15, 0.2) is 11.4 Å². The molecule has 0 aromatic heterocycles. The van der Waals surface area contributed by atoms with Gasteiger partial charge in [0, 0.05) is 31.1 Å². The van der Waals surface area contributed by atoms with Crippen molar-refractivity contribution in [2.24, 2.45) is 11.8 Å². The third-order valence-corrected chi connectivity index (χ3v) is 7.37. The SMILES string of the molecule is CCOC(=O)C(C)(C)Oc1c(C)cc(C[C@H]2CN(Cc3ccccc3)C[C@@H]2C(=O)c2ccc(F)cc2)cc1C. The molecule has 1 saturated heterocycles. The standard InChI is InChI=1S/C33H38FNO4/c1-6-38-32(37)33(4,5)39-31-22(2)16-25(17-23(31)3)18-27-20-35(19-24-10-8-7-9-11-24)21-29(27)30(36)26-12-14-28(34)15-13-26/h7-17,27,29H,6,18-21H2,1-5H3/t27-,29-/m0/s1. The molecule has 0 amide bonds. The molecule has 2 atom stereocenters. The third-order valence-electron chi connectivity index (χ3n) is 7.37. The molecule has 3 aromatic carbocycles. The van der Waals surface area contributed by atoms with E-state index in [1.165, 1.54) is 17.7 Å². The molecule has 0 N–H and O–H groups in total. The van der Waals surface area contributed by atoms with Crippen LogP contribution >= 0.6 is 0 Å². The third kappa shape index (κ3) is 6.93. The summed E-state index contributed by atoms with van der Waals surface area (Å²) in [6.45, 7) is 11.7. The van der Waals surface area contributed by atoms with Crippen LogP contribution in [0.2, 0.25) is 0 Å². The average molecular weight is 532 g/mol. The molecule has 0 aliphatic carbocycles. The molecule has 6 heteroatoms. The van der Waals surface area contributed by atoms with Crippen molar-refractivity contribution >= 4 is 11.8 Å². The number of hydrogen-bond donors (Lipinski definition) is 0. The number of hydrogen-bond acceptors (Lipinski definition) is 5. The maximum Gasteiger partial charge on any atom is 0.349 e. The highest BCUT2D eigenvalue weighted by atomic mass is 19.1. The van der Waals surface area contributed by atoms with Gasteiger partial charge >= 0.3 is 5.97 Å². The van der Waals surface area contributed by atoms with E-state index in [-0.39, 0.29) is 23.4 Å². The summed E-state index contributed by atoms with van der Waals surface area (Å²) in [5.41, 5.74) is 3.64. The van der Waals surface area contributed by atoms with Crippen LogP contribution in [0, 0.1) is 31.5 Å². The highest BCUT2D eigenvalue weighted by Gasteiger charge is 2.38. The van der Waals surface area contributed by atoms with Crippen molar-refractivity contribution in [1.29, 1.82) is 0 Å². The van der Waals surface area contributed by atoms with Gasteiger partial charge in [-0.3, -0.25) is 9.69 Å². The lowest BCUT2D eigenvalue weighted by Gasteiger charge is -2.27. The van der Waals surface area contributed by atoms with E-state index in [1.54, 1.807) is 32.9 Å². The molecule has 1 fully saturated rings. The van der Waals surface area contributed by atoms with Gasteiger partial charge in [-0.2, -0.15) is 0 Å². The van der Waals surface area contributed by atoms with Crippen LogP contribution in [-0.4, -0.2) is 41.9 Å². The van der Waals surface area contributed by atoms with E-state index in [0.717, 1.165) is 36.2 Å². The van der Waals surface area contributed by atoms with Crippen LogP contribution < -0.4 is 4.74 Å². The quantitative estimate of drug-likeness (QED) is 0.226. The van der Waals surface area contributed by atoms with Crippen LogP contribution in [0.25, 0.3) is 0 Å². The summed E-state index contributed by atoms with van der Waals surface area (Å²) in [5.74, 6) is -0.113. The van der Waals surface area contributed by atoms with E-state index in [2.05, 4.69) is 29.2 Å². The van der Waals surface area contributed by atoms with Crippen molar-refractivity contribution < 1.29 is 23.5 Å². The molecule has 3 aromatic rings. The van der Waals surface area contributed by atoms with Crippen LogP contribution in [0.4, 0.5) is 4.39 Å². The molecule has 39 heavy (non-hydrogen) atoms. The maximum absolute atomic E-state index is 13.6. The maximum atomic E-state index is 13.6. The van der Waals surface area contributed by atoms with Gasteiger partial charge in [-0.25, -0.2) is 9.18 Å². The highest BCUT2D eigenvalue weighted by molar-refractivity contribution is 5.98. The van der Waals surface area contributed by atoms with Gasteiger partial charge < -0.3 is 9.47 Å². The Bertz CT molecular complexity index is 1280. The number of rotatable bonds is 10. The Morgan fingerprint density at radius 1 is 0.949 bits per heavy atom. The van der Waals surface area contributed by atoms with Gasteiger partial charge in [0.25, 0.3) is 0 Å². The number of Topliss-reactive ketones (excluding diaryl/α,β-unsaturated/α-hetero) is 1. The summed E-state index contributed by atoms with van der Waals surface area (Å²) >= 11 is 0. The second-order valence-electron chi connectivity index (χ2n) is 11.0. The normalized spacial score (nSPS) is 17.7. The van der Waals surface area contributed by atoms with Gasteiger partial charge in [0.1, 0.15) is 11.6 Å². The lowest BCUT2D eigenvalue weighted by molar-refractivity contribution is -0.158. The van der Waals surface area contributed by atoms with Crippen LogP contribution in [0.5, 0.6) is 5.75 Å². The molecule has 1 aliphatic heterocycles. The van der Waals surface area contributed by atoms with E-state index in [1.807, 2.05) is 32.0 Å². The number of carbonyl (C=O) groups excluding carboxylic acids is 2. The number of nitrogens with zero attached hydrogens (tertiary/aromatic N) is 1. The second kappa shape index (κ2) is 12.1. The minimum atomic E-state index is -1.11. The summed E-state index contributed by atoms with van der Waals surface area (Å²) in [4.78, 5) is 28.3. The predicted octanol–water partition coefficient (Wildman–Crippen LogP) is 6.34. The Labute approximate surface area is 230 Å². The van der Waals surface area contributed by atoms with Crippen molar-refractivity contribution in [3.8, 4) is 5.75 Å². The van der Waals surface area contributed by atoms with Gasteiger partial charge in [0.2, 0.25) is 0 Å². The molecule has 4 rings (SSSR count). The molecular weight excluding hydrogens is 493 g/mol. The molecule has 1 heterocycles. The molecule has 0 spiro atoms. The minimum absolute atomic E-state index is 0.0557. The predicted molar refractivity (Wildman–Crippen MR) is 150 cm³/mol. The van der Waals surface area contributed by atoms with E-state index < -0.39 is 11.6 Å². The molecular formula is C33H38FNO4. The summed E-state index contributed by atoms with van der Waals surface area (Å²) in [7, 11) is 0. The number of ketones is 1. The first kappa shape index (κ1) is 28.5. The largest absolute Gasteiger partial charge is 0.476 e. The van der Waals surface area contributed by atoms with Crippen LogP contribution in [0.1, 0.15) is 53.4 Å². The monoisotopic (exact) mass is 531 g/mol. The Morgan fingerprint density at radius 2 is 1.59 bits per heavy atom. The Balaban J connectivity index is 1.56. The average Bonchev–Trinajstić information content (AvgIpc) is 3.28. The number of carbonyl (C=O) groups is 2. The zero-order valence-electron chi connectivity index (χ0n) is 23.5. The zero-order chi connectivity index (χ0) is 28.2. The van der Waals surface area contributed by atoms with Gasteiger partial charge in [-0.05, 0) is 93.5 Å². The Morgan fingerprint density at radius 3 is 2.21 bits per heavy atom. The number of ether oxygens (including phenoxy) is 2. The van der Waals surface area contributed by atoms with E-state index in [9.17, 15) is 14.0 Å². The van der Waals surface area contributed by atoms with Crippen molar-refractivity contribution in [2.45, 2.75) is 53.2 Å². The van der Waals surface area contributed by atoms with E-state index in [0.29, 0.717) is 24.5 Å². The molecule has 0 bridgehead atoms. The molecule has 0 saturated carbocycles. The topological polar surface area (TPSA) is 55.8 Å². The lowest BCUT2D eigenvalue weighted by Crippen LogP contribution is -2.40. The molecule has 5 nitrogen and oxygen atoms in total. The van der Waals surface area contributed by atoms with E-state index >= 15 is 0 Å². The number of aryl methyl sites for hydroxylation is 2. The number of benzene rings is 3. The number of esters is 1. The Kier molecular flexibility index (Phi) is 8.86. The fraction of sp³-hybridized carbons (Fsp3) is 0.394. The Hall–Kier alpha value is -3.51. The minimum Gasteiger partial charge on any atom is -0.476 e. The highest BCUT2D eigenvalue weighted by Crippen LogP contribution is 2.34. The summed E-state index contributed by atoms with van der Waals surface area (Å²) in [6.07, 6.45) is 0.728. The first-order chi connectivity index (χ1) is 18.6. The second-order valence-corrected chi connectivity index (χ2v) is 11.0. The van der Waals surface area contributed by atoms with E-state index in [4.69, 9.17) is 9.47 Å². The summed E-state index contributed by atoms with van der Waals surface area (Å²) in [6, 6.07) is 20.3. The first-order valence-electron chi connectivity index (χ1n) is 13.6. The summed E-state index contributed by atoms with van der Waals surface area (Å²) in [5, 5.41) is 0. The van der Waals surface area contributed by atoms with Crippen LogP contribution in [0.3, 0.4) is 0 Å². The fourth-order valence-electron chi connectivity index (χ4n) is 5.49.